The van der Waals surface area contributed by atoms with E-state index in [1.54, 1.807) is 37.2 Å². The lowest BCUT2D eigenvalue weighted by molar-refractivity contribution is 0.0744. The number of aromatic amines is 1. The molecule has 0 saturated heterocycles. The Balaban J connectivity index is 2.09. The van der Waals surface area contributed by atoms with Crippen LogP contribution in [0, 0.1) is 0 Å². The molecule has 28 heavy (non-hydrogen) atoms. The molecule has 0 radical (unpaired) electrons. The Hall–Kier alpha value is -3.28. The van der Waals surface area contributed by atoms with Gasteiger partial charge in [0.2, 0.25) is 0 Å². The van der Waals surface area contributed by atoms with Crippen molar-refractivity contribution < 1.29 is 14.6 Å². The molecule has 1 unspecified atom stereocenters. The molecule has 6 nitrogen and oxygen atoms in total. The van der Waals surface area contributed by atoms with Crippen molar-refractivity contribution in [2.45, 2.75) is 26.3 Å². The highest BCUT2D eigenvalue weighted by Gasteiger charge is 2.41. The summed E-state index contributed by atoms with van der Waals surface area (Å²) < 4.78 is 5.33. The summed E-state index contributed by atoms with van der Waals surface area (Å²) in [5.74, 6) is 0.776. The SMILES string of the molecule is C=C(/C=C\C(O)=C/C)C1c2c(-c3cccc(OC)c3)n[nH]c2C(=O)N1CCC. The van der Waals surface area contributed by atoms with Gasteiger partial charge in [-0.2, -0.15) is 5.10 Å². The number of aliphatic hydroxyl groups excluding tert-OH is 1. The van der Waals surface area contributed by atoms with Crippen LogP contribution in [0.5, 0.6) is 5.75 Å². The summed E-state index contributed by atoms with van der Waals surface area (Å²) in [4.78, 5) is 14.8. The van der Waals surface area contributed by atoms with Crippen LogP contribution >= 0.6 is 0 Å². The first-order chi connectivity index (χ1) is 13.5. The van der Waals surface area contributed by atoms with E-state index in [-0.39, 0.29) is 17.7 Å². The number of aliphatic hydroxyl groups is 1. The van der Waals surface area contributed by atoms with Crippen molar-refractivity contribution in [3.63, 3.8) is 0 Å². The predicted molar refractivity (Wildman–Crippen MR) is 109 cm³/mol. The number of hydrogen-bond donors (Lipinski definition) is 2. The second kappa shape index (κ2) is 8.17. The zero-order valence-corrected chi connectivity index (χ0v) is 16.4. The van der Waals surface area contributed by atoms with Crippen LogP contribution < -0.4 is 4.74 Å². The lowest BCUT2D eigenvalue weighted by atomic mass is 9.96. The topological polar surface area (TPSA) is 78.5 Å². The molecule has 1 aliphatic heterocycles. The van der Waals surface area contributed by atoms with Gasteiger partial charge in [-0.25, -0.2) is 0 Å². The number of carbonyl (C=O) groups is 1. The van der Waals surface area contributed by atoms with Crippen molar-refractivity contribution in [1.82, 2.24) is 15.1 Å². The predicted octanol–water partition coefficient (Wildman–Crippen LogP) is 4.57. The summed E-state index contributed by atoms with van der Waals surface area (Å²) in [6.45, 7) is 8.55. The van der Waals surface area contributed by atoms with E-state index in [4.69, 9.17) is 4.74 Å². The van der Waals surface area contributed by atoms with Gasteiger partial charge in [0.25, 0.3) is 5.91 Å². The molecule has 146 valence electrons. The van der Waals surface area contributed by atoms with E-state index in [1.807, 2.05) is 31.2 Å². The normalized spacial score (nSPS) is 16.7. The van der Waals surface area contributed by atoms with Gasteiger partial charge in [-0.15, -0.1) is 0 Å². The first-order valence-electron chi connectivity index (χ1n) is 9.27. The first kappa shape index (κ1) is 19.5. The summed E-state index contributed by atoms with van der Waals surface area (Å²) in [6, 6.07) is 7.24. The third kappa shape index (κ3) is 3.45. The molecule has 0 fully saturated rings. The summed E-state index contributed by atoms with van der Waals surface area (Å²) >= 11 is 0. The van der Waals surface area contributed by atoms with Crippen molar-refractivity contribution in [2.24, 2.45) is 0 Å². The minimum atomic E-state index is -0.344. The Morgan fingerprint density at radius 2 is 2.21 bits per heavy atom. The van der Waals surface area contributed by atoms with Crippen LogP contribution in [0.2, 0.25) is 0 Å². The van der Waals surface area contributed by atoms with Gasteiger partial charge in [0.1, 0.15) is 17.2 Å². The molecule has 3 rings (SSSR count). The molecular weight excluding hydrogens is 354 g/mol. The van der Waals surface area contributed by atoms with Gasteiger partial charge in [0, 0.05) is 17.7 Å². The van der Waals surface area contributed by atoms with Gasteiger partial charge >= 0.3 is 0 Å². The van der Waals surface area contributed by atoms with Crippen molar-refractivity contribution in [3.8, 4) is 17.0 Å². The van der Waals surface area contributed by atoms with E-state index in [0.29, 0.717) is 23.5 Å². The fourth-order valence-corrected chi connectivity index (χ4v) is 3.42. The molecule has 1 aromatic heterocycles. The second-order valence-electron chi connectivity index (χ2n) is 6.62. The van der Waals surface area contributed by atoms with Crippen LogP contribution in [0.15, 0.2) is 60.4 Å². The number of nitrogens with zero attached hydrogens (tertiary/aromatic N) is 2. The average molecular weight is 379 g/mol. The number of methoxy groups -OCH3 is 1. The number of fused-ring (bicyclic) bond motifs is 1. The molecule has 1 aliphatic rings. The van der Waals surface area contributed by atoms with Gasteiger partial charge in [0.15, 0.2) is 0 Å². The third-order valence-corrected chi connectivity index (χ3v) is 4.79. The minimum absolute atomic E-state index is 0.0895. The largest absolute Gasteiger partial charge is 0.508 e. The molecule has 1 aromatic carbocycles. The van der Waals surface area contributed by atoms with Crippen molar-refractivity contribution >= 4 is 5.91 Å². The summed E-state index contributed by atoms with van der Waals surface area (Å²) in [5, 5.41) is 17.1. The van der Waals surface area contributed by atoms with Crippen LogP contribution in [0.3, 0.4) is 0 Å². The van der Waals surface area contributed by atoms with Gasteiger partial charge in [-0.1, -0.05) is 31.7 Å². The average Bonchev–Trinajstić information content (AvgIpc) is 3.26. The van der Waals surface area contributed by atoms with Crippen molar-refractivity contribution in [2.75, 3.05) is 13.7 Å². The highest BCUT2D eigenvalue weighted by molar-refractivity contribution is 6.00. The molecule has 1 atom stereocenters. The number of nitrogens with one attached hydrogen (secondary N) is 1. The number of ether oxygens (including phenoxy) is 1. The van der Waals surface area contributed by atoms with E-state index in [0.717, 1.165) is 23.3 Å². The van der Waals surface area contributed by atoms with E-state index in [9.17, 15) is 9.90 Å². The maximum atomic E-state index is 13.0. The zero-order valence-electron chi connectivity index (χ0n) is 16.4. The Kier molecular flexibility index (Phi) is 5.68. The number of rotatable bonds is 7. The number of aromatic nitrogens is 2. The summed E-state index contributed by atoms with van der Waals surface area (Å²) in [6.07, 6.45) is 5.75. The number of amides is 1. The molecule has 0 spiro atoms. The fourth-order valence-electron chi connectivity index (χ4n) is 3.42. The molecule has 6 heteroatoms. The molecule has 0 bridgehead atoms. The fraction of sp³-hybridized carbons (Fsp3) is 0.273. The number of allylic oxidation sites excluding steroid dienone is 2. The Labute approximate surface area is 164 Å². The molecule has 2 N–H and O–H groups in total. The van der Waals surface area contributed by atoms with Gasteiger partial charge < -0.3 is 14.7 Å². The Morgan fingerprint density at radius 3 is 2.89 bits per heavy atom. The molecule has 2 heterocycles. The highest BCUT2D eigenvalue weighted by Crippen LogP contribution is 2.43. The lowest BCUT2D eigenvalue weighted by Gasteiger charge is -2.26. The number of carbonyl (C=O) groups excluding carboxylic acids is 1. The lowest BCUT2D eigenvalue weighted by Crippen LogP contribution is -2.30. The maximum absolute atomic E-state index is 13.0. The van der Waals surface area contributed by atoms with Gasteiger partial charge in [-0.3, -0.25) is 9.89 Å². The Bertz CT molecular complexity index is 956. The van der Waals surface area contributed by atoms with Crippen LogP contribution in [-0.2, 0) is 0 Å². The van der Waals surface area contributed by atoms with Crippen LogP contribution in [0.4, 0.5) is 0 Å². The number of hydrogen-bond acceptors (Lipinski definition) is 4. The van der Waals surface area contributed by atoms with Crippen molar-refractivity contribution in [3.05, 3.63) is 71.7 Å². The Morgan fingerprint density at radius 1 is 1.43 bits per heavy atom. The second-order valence-corrected chi connectivity index (χ2v) is 6.62. The van der Waals surface area contributed by atoms with Crippen LogP contribution in [0.25, 0.3) is 11.3 Å². The highest BCUT2D eigenvalue weighted by atomic mass is 16.5. The molecular formula is C22H25N3O3. The van der Waals surface area contributed by atoms with Gasteiger partial charge in [0.05, 0.1) is 18.8 Å². The van der Waals surface area contributed by atoms with E-state index < -0.39 is 0 Å². The number of benzene rings is 1. The maximum Gasteiger partial charge on any atom is 0.273 e. The van der Waals surface area contributed by atoms with Crippen molar-refractivity contribution in [1.29, 1.82) is 0 Å². The molecule has 1 amide bonds. The standard InChI is InChI=1S/C22H25N3O3/c1-5-12-25-21(14(3)10-11-16(26)6-2)18-19(23-24-20(18)22(25)27)15-8-7-9-17(13-15)28-4/h6-11,13,21,26H,3,5,12H2,1-2,4H3,(H,23,24)/b11-10-,16-6+. The molecule has 0 aliphatic carbocycles. The van der Waals surface area contributed by atoms with E-state index >= 15 is 0 Å². The third-order valence-electron chi connectivity index (χ3n) is 4.79. The monoisotopic (exact) mass is 379 g/mol. The number of H-pyrrole nitrogens is 1. The smallest absolute Gasteiger partial charge is 0.273 e. The summed E-state index contributed by atoms with van der Waals surface area (Å²) in [5.41, 5.74) is 3.57. The quantitative estimate of drug-likeness (QED) is 0.546. The summed E-state index contributed by atoms with van der Waals surface area (Å²) in [7, 11) is 1.61. The minimum Gasteiger partial charge on any atom is -0.508 e. The van der Waals surface area contributed by atoms with Crippen LogP contribution in [-0.4, -0.2) is 39.8 Å². The van der Waals surface area contributed by atoms with Crippen LogP contribution in [0.1, 0.15) is 42.4 Å². The zero-order chi connectivity index (χ0) is 20.3. The molecule has 0 saturated carbocycles. The molecule has 2 aromatic rings. The van der Waals surface area contributed by atoms with E-state index in [2.05, 4.69) is 16.8 Å². The first-order valence-corrected chi connectivity index (χ1v) is 9.27. The van der Waals surface area contributed by atoms with E-state index in [1.165, 1.54) is 0 Å². The van der Waals surface area contributed by atoms with Gasteiger partial charge in [-0.05, 0) is 43.2 Å².